The van der Waals surface area contributed by atoms with Crippen LogP contribution < -0.4 is 10.2 Å². The average Bonchev–Trinajstić information content (AvgIpc) is 3.50. The Hall–Kier alpha value is -2.93. The SMILES string of the molecule is c1ccc(-c2[nH]ncc2CN2CCCCC2CNc2nc3c(c(N4CCCCCC4)n2)CCC3)cc1. The predicted octanol–water partition coefficient (Wildman–Crippen LogP) is 5.20. The maximum Gasteiger partial charge on any atom is 0.224 e. The van der Waals surface area contributed by atoms with Crippen molar-refractivity contribution >= 4 is 11.8 Å². The van der Waals surface area contributed by atoms with Gasteiger partial charge in [0.1, 0.15) is 5.82 Å². The molecule has 7 nitrogen and oxygen atoms in total. The molecule has 4 heterocycles. The molecule has 2 aliphatic heterocycles. The van der Waals surface area contributed by atoms with Crippen molar-refractivity contribution in [3.05, 3.63) is 53.3 Å². The summed E-state index contributed by atoms with van der Waals surface area (Å²) in [5.74, 6) is 2.04. The van der Waals surface area contributed by atoms with Crippen LogP contribution in [0.1, 0.15) is 68.2 Å². The molecule has 0 saturated carbocycles. The second-order valence-corrected chi connectivity index (χ2v) is 10.7. The molecule has 2 fully saturated rings. The maximum absolute atomic E-state index is 5.12. The monoisotopic (exact) mass is 485 g/mol. The van der Waals surface area contributed by atoms with E-state index in [2.05, 4.69) is 55.6 Å². The van der Waals surface area contributed by atoms with Gasteiger partial charge in [-0.15, -0.1) is 0 Å². The number of nitrogens with one attached hydrogen (secondary N) is 2. The van der Waals surface area contributed by atoms with Gasteiger partial charge in [0.2, 0.25) is 5.95 Å². The van der Waals surface area contributed by atoms with E-state index in [1.54, 1.807) is 0 Å². The Kier molecular flexibility index (Phi) is 7.17. The zero-order chi connectivity index (χ0) is 24.2. The van der Waals surface area contributed by atoms with Gasteiger partial charge in [0.05, 0.1) is 17.6 Å². The third kappa shape index (κ3) is 5.12. The number of aromatic amines is 1. The molecule has 3 aliphatic rings. The summed E-state index contributed by atoms with van der Waals surface area (Å²) in [6.45, 7) is 5.19. The predicted molar refractivity (Wildman–Crippen MR) is 145 cm³/mol. The fraction of sp³-hybridized carbons (Fsp3) is 0.552. The van der Waals surface area contributed by atoms with E-state index in [0.717, 1.165) is 57.2 Å². The van der Waals surface area contributed by atoms with Gasteiger partial charge < -0.3 is 10.2 Å². The van der Waals surface area contributed by atoms with E-state index in [9.17, 15) is 0 Å². The molecule has 36 heavy (non-hydrogen) atoms. The molecule has 0 amide bonds. The number of H-pyrrole nitrogens is 1. The number of aryl methyl sites for hydroxylation is 1. The molecule has 7 heteroatoms. The van der Waals surface area contributed by atoms with Crippen LogP contribution in [-0.2, 0) is 19.4 Å². The van der Waals surface area contributed by atoms with E-state index in [1.807, 2.05) is 6.20 Å². The van der Waals surface area contributed by atoms with Crippen molar-refractivity contribution in [3.63, 3.8) is 0 Å². The highest BCUT2D eigenvalue weighted by Crippen LogP contribution is 2.32. The van der Waals surface area contributed by atoms with Crippen LogP contribution in [0.2, 0.25) is 0 Å². The van der Waals surface area contributed by atoms with Gasteiger partial charge >= 0.3 is 0 Å². The molecule has 0 bridgehead atoms. The second kappa shape index (κ2) is 11.0. The number of anilines is 2. The third-order valence-electron chi connectivity index (χ3n) is 8.22. The molecule has 1 aromatic carbocycles. The molecule has 0 radical (unpaired) electrons. The van der Waals surface area contributed by atoms with Gasteiger partial charge in [-0.05, 0) is 57.1 Å². The molecular formula is C29H39N7. The number of benzene rings is 1. The van der Waals surface area contributed by atoms with Gasteiger partial charge in [-0.1, -0.05) is 49.6 Å². The van der Waals surface area contributed by atoms with Crippen molar-refractivity contribution < 1.29 is 0 Å². The van der Waals surface area contributed by atoms with Crippen molar-refractivity contribution in [3.8, 4) is 11.3 Å². The van der Waals surface area contributed by atoms with E-state index in [1.165, 1.54) is 79.6 Å². The van der Waals surface area contributed by atoms with Gasteiger partial charge in [-0.25, -0.2) is 4.98 Å². The Morgan fingerprint density at radius 1 is 0.889 bits per heavy atom. The van der Waals surface area contributed by atoms with Crippen LogP contribution in [0.5, 0.6) is 0 Å². The molecule has 1 atom stereocenters. The van der Waals surface area contributed by atoms with Crippen LogP contribution >= 0.6 is 0 Å². The summed E-state index contributed by atoms with van der Waals surface area (Å²) in [5.41, 5.74) is 6.29. The lowest BCUT2D eigenvalue weighted by atomic mass is 10.0. The van der Waals surface area contributed by atoms with E-state index < -0.39 is 0 Å². The summed E-state index contributed by atoms with van der Waals surface area (Å²) in [5, 5.41) is 11.3. The fourth-order valence-electron chi connectivity index (χ4n) is 6.25. The summed E-state index contributed by atoms with van der Waals surface area (Å²) in [6.07, 6.45) is 14.4. The van der Waals surface area contributed by atoms with Crippen LogP contribution in [-0.4, -0.2) is 57.3 Å². The number of rotatable bonds is 7. The van der Waals surface area contributed by atoms with E-state index in [4.69, 9.17) is 9.97 Å². The largest absolute Gasteiger partial charge is 0.356 e. The Morgan fingerprint density at radius 2 is 1.72 bits per heavy atom. The number of aromatic nitrogens is 4. The summed E-state index contributed by atoms with van der Waals surface area (Å²) in [4.78, 5) is 15.3. The zero-order valence-electron chi connectivity index (χ0n) is 21.4. The van der Waals surface area contributed by atoms with Crippen LogP contribution in [0.25, 0.3) is 11.3 Å². The normalized spacial score (nSPS) is 20.8. The topological polar surface area (TPSA) is 73.0 Å². The minimum absolute atomic E-state index is 0.468. The maximum atomic E-state index is 5.12. The molecule has 2 N–H and O–H groups in total. The van der Waals surface area contributed by atoms with Crippen molar-refractivity contribution in [2.24, 2.45) is 0 Å². The van der Waals surface area contributed by atoms with Gasteiger partial charge in [-0.3, -0.25) is 10.00 Å². The zero-order valence-corrected chi connectivity index (χ0v) is 21.4. The first-order chi connectivity index (χ1) is 17.8. The molecule has 190 valence electrons. The summed E-state index contributed by atoms with van der Waals surface area (Å²) < 4.78 is 0. The molecule has 2 saturated heterocycles. The van der Waals surface area contributed by atoms with E-state index in [0.29, 0.717) is 6.04 Å². The summed E-state index contributed by atoms with van der Waals surface area (Å²) in [6, 6.07) is 11.0. The minimum atomic E-state index is 0.468. The number of fused-ring (bicyclic) bond motifs is 1. The number of hydrogen-bond donors (Lipinski definition) is 2. The Morgan fingerprint density at radius 3 is 2.58 bits per heavy atom. The highest BCUT2D eigenvalue weighted by atomic mass is 15.3. The first-order valence-electron chi connectivity index (χ1n) is 14.1. The molecule has 1 unspecified atom stereocenters. The first-order valence-corrected chi connectivity index (χ1v) is 14.1. The quantitative estimate of drug-likeness (QED) is 0.479. The van der Waals surface area contributed by atoms with Crippen LogP contribution in [0, 0.1) is 0 Å². The Balaban J connectivity index is 1.17. The van der Waals surface area contributed by atoms with Crippen molar-refractivity contribution in [2.75, 3.05) is 36.4 Å². The van der Waals surface area contributed by atoms with Gasteiger partial charge in [-0.2, -0.15) is 10.1 Å². The van der Waals surface area contributed by atoms with Crippen molar-refractivity contribution in [2.45, 2.75) is 76.8 Å². The summed E-state index contributed by atoms with van der Waals surface area (Å²) in [7, 11) is 0. The van der Waals surface area contributed by atoms with Crippen LogP contribution in [0.4, 0.5) is 11.8 Å². The highest BCUT2D eigenvalue weighted by Gasteiger charge is 2.26. The standard InChI is InChI=1S/C29H39N7/c1-2-8-17-35(16-7-1)28-25-14-10-15-26(25)32-29(33-28)30-20-24-13-6-9-18-36(24)21-23-19-31-34-27(23)22-11-4-3-5-12-22/h3-5,11-12,19,24H,1-2,6-10,13-18,20-21H2,(H,31,34)(H,30,32,33). The number of likely N-dealkylation sites (tertiary alicyclic amines) is 1. The number of nitrogens with zero attached hydrogens (tertiary/aromatic N) is 5. The third-order valence-corrected chi connectivity index (χ3v) is 8.22. The van der Waals surface area contributed by atoms with E-state index in [-0.39, 0.29) is 0 Å². The highest BCUT2D eigenvalue weighted by molar-refractivity contribution is 5.62. The average molecular weight is 486 g/mol. The second-order valence-electron chi connectivity index (χ2n) is 10.7. The van der Waals surface area contributed by atoms with Gasteiger partial charge in [0.15, 0.2) is 0 Å². The van der Waals surface area contributed by atoms with Crippen molar-refractivity contribution in [1.29, 1.82) is 0 Å². The number of piperidine rings is 1. The Bertz CT molecular complexity index is 1130. The van der Waals surface area contributed by atoms with Crippen molar-refractivity contribution in [1.82, 2.24) is 25.1 Å². The molecular weight excluding hydrogens is 446 g/mol. The lowest BCUT2D eigenvalue weighted by Gasteiger charge is -2.36. The van der Waals surface area contributed by atoms with Gasteiger partial charge in [0, 0.05) is 43.3 Å². The van der Waals surface area contributed by atoms with Gasteiger partial charge in [0.25, 0.3) is 0 Å². The van der Waals surface area contributed by atoms with Crippen LogP contribution in [0.3, 0.4) is 0 Å². The first kappa shape index (κ1) is 23.5. The lowest BCUT2D eigenvalue weighted by Crippen LogP contribution is -2.43. The molecule has 6 rings (SSSR count). The Labute approximate surface area is 214 Å². The smallest absolute Gasteiger partial charge is 0.224 e. The lowest BCUT2D eigenvalue weighted by molar-refractivity contribution is 0.148. The minimum Gasteiger partial charge on any atom is -0.356 e. The molecule has 1 aliphatic carbocycles. The fourth-order valence-corrected chi connectivity index (χ4v) is 6.25. The molecule has 2 aromatic heterocycles. The molecule has 3 aromatic rings. The van der Waals surface area contributed by atoms with Crippen LogP contribution in [0.15, 0.2) is 36.5 Å². The summed E-state index contributed by atoms with van der Waals surface area (Å²) >= 11 is 0. The molecule has 0 spiro atoms. The van der Waals surface area contributed by atoms with E-state index >= 15 is 0 Å². The number of hydrogen-bond acceptors (Lipinski definition) is 6.